The molecule has 0 bridgehead atoms. The van der Waals surface area contributed by atoms with Crippen LogP contribution >= 0.6 is 23.2 Å². The third-order valence-electron chi connectivity index (χ3n) is 4.25. The molecule has 0 spiro atoms. The summed E-state index contributed by atoms with van der Waals surface area (Å²) >= 11 is 11.9. The summed E-state index contributed by atoms with van der Waals surface area (Å²) in [5.41, 5.74) is 2.11. The number of nitrogens with zero attached hydrogens (tertiary/aromatic N) is 1. The lowest BCUT2D eigenvalue weighted by molar-refractivity contribution is -0.139. The number of hydrogen-bond donors (Lipinski definition) is 1. The molecule has 7 heteroatoms. The van der Waals surface area contributed by atoms with E-state index in [4.69, 9.17) is 27.9 Å². The minimum absolute atomic E-state index is 0.0270. The van der Waals surface area contributed by atoms with E-state index in [0.29, 0.717) is 32.7 Å². The summed E-state index contributed by atoms with van der Waals surface area (Å²) in [6, 6.07) is 9.46. The Balaban J connectivity index is 2.25. The lowest BCUT2D eigenvalue weighted by Gasteiger charge is -2.08. The molecule has 5 nitrogen and oxygen atoms in total. The van der Waals surface area contributed by atoms with Crippen LogP contribution in [0.2, 0.25) is 10.0 Å². The maximum Gasteiger partial charge on any atom is 0.310 e. The molecule has 26 heavy (non-hydrogen) atoms. The average Bonchev–Trinajstić information content (AvgIpc) is 2.87. The third kappa shape index (κ3) is 3.16. The van der Waals surface area contributed by atoms with Crippen LogP contribution in [-0.4, -0.2) is 28.7 Å². The number of rotatable bonds is 3. The summed E-state index contributed by atoms with van der Waals surface area (Å²) < 4.78 is 6.22. The zero-order valence-electron chi connectivity index (χ0n) is 14.0. The molecule has 0 atom stereocenters. The van der Waals surface area contributed by atoms with Crippen molar-refractivity contribution >= 4 is 46.0 Å². The van der Waals surface area contributed by atoms with Gasteiger partial charge in [-0.15, -0.1) is 0 Å². The van der Waals surface area contributed by atoms with Crippen LogP contribution in [0.5, 0.6) is 5.75 Å². The summed E-state index contributed by atoms with van der Waals surface area (Å²) in [6.45, 7) is 1.73. The summed E-state index contributed by atoms with van der Waals surface area (Å²) in [7, 11) is 1.30. The topological polar surface area (TPSA) is 68.5 Å². The van der Waals surface area contributed by atoms with Crippen LogP contribution in [0.15, 0.2) is 36.4 Å². The van der Waals surface area contributed by atoms with Crippen molar-refractivity contribution in [2.75, 3.05) is 7.11 Å². The predicted molar refractivity (Wildman–Crippen MR) is 100 cm³/mol. The molecule has 2 aromatic carbocycles. The molecule has 0 aliphatic heterocycles. The molecule has 0 saturated carbocycles. The Labute approximate surface area is 159 Å². The fraction of sp³-hybridized carbons (Fsp3) is 0.158. The van der Waals surface area contributed by atoms with Crippen LogP contribution in [0.1, 0.15) is 21.6 Å². The molecule has 1 N–H and O–H groups in total. The second kappa shape index (κ2) is 7.02. The first-order valence-corrected chi connectivity index (χ1v) is 8.48. The molecule has 0 aliphatic rings. The predicted octanol–water partition coefficient (Wildman–Crippen LogP) is 4.37. The van der Waals surface area contributed by atoms with E-state index in [1.165, 1.54) is 23.8 Å². The monoisotopic (exact) mass is 391 g/mol. The summed E-state index contributed by atoms with van der Waals surface area (Å²) in [6.07, 6.45) is -0.0270. The summed E-state index contributed by atoms with van der Waals surface area (Å²) in [5.74, 6) is -0.857. The molecule has 1 aromatic heterocycles. The number of aromatic hydroxyl groups is 1. The van der Waals surface area contributed by atoms with E-state index in [-0.39, 0.29) is 23.1 Å². The quantitative estimate of drug-likeness (QED) is 0.673. The molecule has 0 fully saturated rings. The van der Waals surface area contributed by atoms with Gasteiger partial charge in [-0.05, 0) is 48.9 Å². The molecule has 134 valence electrons. The van der Waals surface area contributed by atoms with E-state index in [9.17, 15) is 14.7 Å². The van der Waals surface area contributed by atoms with Crippen LogP contribution < -0.4 is 0 Å². The SMILES string of the molecule is COC(=O)Cc1c(C)n(C(=O)c2ccc(Cl)cc2)c2cc(Cl)c(O)cc12. The second-order valence-corrected chi connectivity index (χ2v) is 6.63. The fourth-order valence-corrected chi connectivity index (χ4v) is 3.20. The van der Waals surface area contributed by atoms with Gasteiger partial charge in [-0.1, -0.05) is 23.2 Å². The van der Waals surface area contributed by atoms with Gasteiger partial charge >= 0.3 is 5.97 Å². The van der Waals surface area contributed by atoms with Crippen molar-refractivity contribution in [3.8, 4) is 5.75 Å². The minimum atomic E-state index is -0.444. The highest BCUT2D eigenvalue weighted by atomic mass is 35.5. The Bertz CT molecular complexity index is 1020. The Morgan fingerprint density at radius 3 is 2.42 bits per heavy atom. The smallest absolute Gasteiger partial charge is 0.310 e. The first kappa shape index (κ1) is 18.3. The molecule has 1 heterocycles. The van der Waals surface area contributed by atoms with E-state index in [2.05, 4.69) is 0 Å². The van der Waals surface area contributed by atoms with Crippen molar-refractivity contribution in [1.82, 2.24) is 4.57 Å². The molecule has 3 aromatic rings. The zero-order valence-corrected chi connectivity index (χ0v) is 15.6. The molecule has 0 unspecified atom stereocenters. The number of phenolic OH excluding ortho intramolecular Hbond substituents is 1. The van der Waals surface area contributed by atoms with Crippen LogP contribution in [0.25, 0.3) is 10.9 Å². The third-order valence-corrected chi connectivity index (χ3v) is 4.80. The maximum atomic E-state index is 13.1. The lowest BCUT2D eigenvalue weighted by Crippen LogP contribution is -2.14. The number of carbonyl (C=O) groups is 2. The van der Waals surface area contributed by atoms with Crippen molar-refractivity contribution in [2.24, 2.45) is 0 Å². The lowest BCUT2D eigenvalue weighted by atomic mass is 10.1. The van der Waals surface area contributed by atoms with Gasteiger partial charge in [-0.2, -0.15) is 0 Å². The maximum absolute atomic E-state index is 13.1. The van der Waals surface area contributed by atoms with Crippen molar-refractivity contribution in [3.05, 3.63) is 63.3 Å². The van der Waals surface area contributed by atoms with Gasteiger partial charge in [-0.3, -0.25) is 14.2 Å². The molecule has 0 radical (unpaired) electrons. The van der Waals surface area contributed by atoms with Crippen LogP contribution in [0.4, 0.5) is 0 Å². The van der Waals surface area contributed by atoms with Crippen molar-refractivity contribution in [1.29, 1.82) is 0 Å². The van der Waals surface area contributed by atoms with Crippen molar-refractivity contribution in [3.63, 3.8) is 0 Å². The molecular formula is C19H15Cl2NO4. The van der Waals surface area contributed by atoms with Gasteiger partial charge in [0.15, 0.2) is 0 Å². The molecule has 0 saturated heterocycles. The highest BCUT2D eigenvalue weighted by molar-refractivity contribution is 6.33. The molecule has 0 amide bonds. The number of fused-ring (bicyclic) bond motifs is 1. The molecular weight excluding hydrogens is 377 g/mol. The number of esters is 1. The molecule has 0 aliphatic carbocycles. The molecule has 3 rings (SSSR count). The highest BCUT2D eigenvalue weighted by Crippen LogP contribution is 2.35. The summed E-state index contributed by atoms with van der Waals surface area (Å²) in [5, 5.41) is 11.2. The Morgan fingerprint density at radius 1 is 1.15 bits per heavy atom. The van der Waals surface area contributed by atoms with E-state index >= 15 is 0 Å². The summed E-state index contributed by atoms with van der Waals surface area (Å²) in [4.78, 5) is 24.9. The zero-order chi connectivity index (χ0) is 19.0. The number of hydrogen-bond acceptors (Lipinski definition) is 4. The van der Waals surface area contributed by atoms with Gasteiger partial charge in [0.1, 0.15) is 5.75 Å². The Morgan fingerprint density at radius 2 is 1.81 bits per heavy atom. The van der Waals surface area contributed by atoms with E-state index in [1.807, 2.05) is 0 Å². The van der Waals surface area contributed by atoms with Gasteiger partial charge in [0.2, 0.25) is 0 Å². The number of halogens is 2. The van der Waals surface area contributed by atoms with E-state index in [0.717, 1.165) is 0 Å². The van der Waals surface area contributed by atoms with Gasteiger partial charge < -0.3 is 9.84 Å². The van der Waals surface area contributed by atoms with Gasteiger partial charge in [0.25, 0.3) is 5.91 Å². The largest absolute Gasteiger partial charge is 0.506 e. The van der Waals surface area contributed by atoms with E-state index in [1.54, 1.807) is 31.2 Å². The van der Waals surface area contributed by atoms with Crippen molar-refractivity contribution in [2.45, 2.75) is 13.3 Å². The minimum Gasteiger partial charge on any atom is -0.506 e. The number of benzene rings is 2. The van der Waals surface area contributed by atoms with Crippen molar-refractivity contribution < 1.29 is 19.4 Å². The first-order valence-electron chi connectivity index (χ1n) is 7.73. The highest BCUT2D eigenvalue weighted by Gasteiger charge is 2.23. The van der Waals surface area contributed by atoms with Gasteiger partial charge in [-0.25, -0.2) is 0 Å². The number of phenols is 1. The number of aromatic nitrogens is 1. The Hall–Kier alpha value is -2.50. The Kier molecular flexibility index (Phi) is 4.94. The van der Waals surface area contributed by atoms with Gasteiger partial charge in [0.05, 0.1) is 24.1 Å². The standard InChI is InChI=1S/C19H15Cl2NO4/c1-10-13(8-18(24)26-2)14-7-17(23)15(21)9-16(14)22(10)19(25)11-3-5-12(20)6-4-11/h3-7,9,23H,8H2,1-2H3. The normalized spacial score (nSPS) is 10.9. The van der Waals surface area contributed by atoms with Crippen LogP contribution in [0, 0.1) is 6.92 Å². The second-order valence-electron chi connectivity index (χ2n) is 5.79. The van der Waals surface area contributed by atoms with E-state index < -0.39 is 5.97 Å². The van der Waals surface area contributed by atoms with Crippen LogP contribution in [0.3, 0.4) is 0 Å². The number of ether oxygens (including phenoxy) is 1. The number of carbonyl (C=O) groups excluding carboxylic acids is 2. The van der Waals surface area contributed by atoms with Crippen LogP contribution in [-0.2, 0) is 16.0 Å². The van der Waals surface area contributed by atoms with Gasteiger partial charge in [0, 0.05) is 21.7 Å². The fourth-order valence-electron chi connectivity index (χ4n) is 2.91. The first-order chi connectivity index (χ1) is 12.3. The number of methoxy groups -OCH3 is 1. The average molecular weight is 392 g/mol.